The van der Waals surface area contributed by atoms with Crippen molar-refractivity contribution >= 4 is 56.9 Å². The maximum Gasteiger partial charge on any atom is 0.341 e. The van der Waals surface area contributed by atoms with Gasteiger partial charge in [-0.3, -0.25) is 0 Å². The third-order valence-electron chi connectivity index (χ3n) is 8.31. The van der Waals surface area contributed by atoms with E-state index in [1.807, 2.05) is 0 Å². The van der Waals surface area contributed by atoms with Crippen molar-refractivity contribution in [1.29, 1.82) is 0 Å². The molecule has 0 amide bonds. The molecule has 0 saturated carbocycles. The van der Waals surface area contributed by atoms with Gasteiger partial charge in [0.05, 0.1) is 37.6 Å². The van der Waals surface area contributed by atoms with E-state index in [1.165, 1.54) is 24.3 Å². The Balaban J connectivity index is 1.17. The molecule has 2 fully saturated rings. The summed E-state index contributed by atoms with van der Waals surface area (Å²) < 4.78 is 33.7. The average molecular weight is 744 g/mol. The Labute approximate surface area is 291 Å². The second-order valence-corrected chi connectivity index (χ2v) is 13.7. The van der Waals surface area contributed by atoms with Crippen LogP contribution in [0.25, 0.3) is 21.9 Å². The predicted octanol–water partition coefficient (Wildman–Crippen LogP) is 1.29. The Kier molecular flexibility index (Phi) is 11.3. The van der Waals surface area contributed by atoms with Crippen molar-refractivity contribution in [2.24, 2.45) is 0 Å². The van der Waals surface area contributed by atoms with E-state index in [1.54, 1.807) is 24.3 Å². The summed E-state index contributed by atoms with van der Waals surface area (Å²) in [5.74, 6) is 0. The summed E-state index contributed by atoms with van der Waals surface area (Å²) in [6.45, 7) is -2.13. The van der Waals surface area contributed by atoms with Gasteiger partial charge in [0.2, 0.25) is 0 Å². The molecule has 17 heteroatoms. The van der Waals surface area contributed by atoms with Crippen LogP contribution in [0.15, 0.2) is 67.0 Å². The minimum atomic E-state index is -1.60. The fourth-order valence-corrected chi connectivity index (χ4v) is 7.32. The molecule has 2 saturated heterocycles. The second-order valence-electron chi connectivity index (χ2n) is 11.6. The summed E-state index contributed by atoms with van der Waals surface area (Å²) in [5.41, 5.74) is -3.35. The van der Waals surface area contributed by atoms with E-state index in [4.69, 9.17) is 51.0 Å². The highest BCUT2D eigenvalue weighted by atomic mass is 35.5. The van der Waals surface area contributed by atoms with Crippen LogP contribution < -0.4 is 11.3 Å². The summed E-state index contributed by atoms with van der Waals surface area (Å²) in [5, 5.41) is 66.0. The fourth-order valence-electron chi connectivity index (χ4n) is 5.69. The highest BCUT2D eigenvalue weighted by Crippen LogP contribution is 2.38. The van der Waals surface area contributed by atoms with Gasteiger partial charge in [-0.15, -0.1) is 0 Å². The van der Waals surface area contributed by atoms with E-state index < -0.39 is 84.2 Å². The molecule has 2 aliphatic rings. The van der Waals surface area contributed by atoms with Crippen LogP contribution in [0.3, 0.4) is 0 Å². The number of benzene rings is 2. The quantitative estimate of drug-likeness (QED) is 0.126. The Morgan fingerprint density at radius 1 is 0.633 bits per heavy atom. The maximum atomic E-state index is 12.6. The van der Waals surface area contributed by atoms with E-state index in [-0.39, 0.29) is 35.5 Å². The molecule has 10 atom stereocenters. The number of halogens is 2. The summed E-state index contributed by atoms with van der Waals surface area (Å²) in [7, 11) is 0. The van der Waals surface area contributed by atoms with Gasteiger partial charge in [-0.1, -0.05) is 35.0 Å². The standard InChI is InChI=1S/C32H32Cl2O14S/c33-17-3-1-13-5-15(29(41)45-19(13)7-17)11-43-27-23(37)21(9-35)47-31(25(27)39)49-32-26(40)28(24(38)22(10-36)48-32)44-12-16-6-14-2-4-18(34)8-20(14)46-30(16)42/h1-8,21-28,31-32,35-40H,9-12H2/t21?,22?,23-,24-,25?,26?,27?,28?,31-,32-/m0/s1. The summed E-state index contributed by atoms with van der Waals surface area (Å²) in [6.07, 6.45) is -11.6. The number of hydrogen-bond donors (Lipinski definition) is 6. The minimum Gasteiger partial charge on any atom is -0.422 e. The first-order valence-electron chi connectivity index (χ1n) is 15.1. The zero-order chi connectivity index (χ0) is 35.0. The first-order chi connectivity index (χ1) is 23.5. The normalized spacial score (nSPS) is 30.6. The highest BCUT2D eigenvalue weighted by Gasteiger charge is 2.51. The largest absolute Gasteiger partial charge is 0.422 e. The number of ether oxygens (including phenoxy) is 4. The van der Waals surface area contributed by atoms with Crippen molar-refractivity contribution in [3.63, 3.8) is 0 Å². The number of fused-ring (bicyclic) bond motifs is 2. The lowest BCUT2D eigenvalue weighted by Crippen LogP contribution is -2.61. The molecular formula is C32H32Cl2O14S. The number of aliphatic hydroxyl groups excluding tert-OH is 6. The molecule has 14 nitrogen and oxygen atoms in total. The van der Waals surface area contributed by atoms with Gasteiger partial charge in [0.25, 0.3) is 0 Å². The molecule has 6 rings (SSSR count). The van der Waals surface area contributed by atoms with E-state index in [2.05, 4.69) is 0 Å². The Morgan fingerprint density at radius 2 is 1.04 bits per heavy atom. The van der Waals surface area contributed by atoms with Crippen LogP contribution in [0.5, 0.6) is 0 Å². The predicted molar refractivity (Wildman–Crippen MR) is 175 cm³/mol. The number of aliphatic hydroxyl groups is 6. The molecule has 6 unspecified atom stereocenters. The number of thioether (sulfide) groups is 1. The lowest BCUT2D eigenvalue weighted by molar-refractivity contribution is -0.231. The van der Waals surface area contributed by atoms with Gasteiger partial charge in [-0.2, -0.15) is 0 Å². The van der Waals surface area contributed by atoms with Crippen molar-refractivity contribution in [3.8, 4) is 0 Å². The molecule has 0 bridgehead atoms. The summed E-state index contributed by atoms with van der Waals surface area (Å²) >= 11 is 12.7. The topological polar surface area (TPSA) is 219 Å². The Hall–Kier alpha value is -2.61. The molecule has 49 heavy (non-hydrogen) atoms. The minimum absolute atomic E-state index is 0.0838. The Bertz CT molecular complexity index is 1770. The smallest absolute Gasteiger partial charge is 0.341 e. The molecule has 2 aromatic heterocycles. The third-order valence-corrected chi connectivity index (χ3v) is 10.1. The van der Waals surface area contributed by atoms with E-state index in [0.29, 0.717) is 20.8 Å². The van der Waals surface area contributed by atoms with Crippen molar-refractivity contribution in [3.05, 3.63) is 90.5 Å². The van der Waals surface area contributed by atoms with E-state index in [9.17, 15) is 40.2 Å². The zero-order valence-electron chi connectivity index (χ0n) is 25.3. The Morgan fingerprint density at radius 3 is 1.43 bits per heavy atom. The van der Waals surface area contributed by atoms with Crippen LogP contribution in [0.4, 0.5) is 0 Å². The van der Waals surface area contributed by atoms with Crippen LogP contribution >= 0.6 is 35.0 Å². The molecule has 0 radical (unpaired) electrons. The molecule has 0 spiro atoms. The molecule has 6 N–H and O–H groups in total. The maximum absolute atomic E-state index is 12.6. The van der Waals surface area contributed by atoms with Gasteiger partial charge in [0, 0.05) is 33.0 Å². The lowest BCUT2D eigenvalue weighted by Gasteiger charge is -2.46. The molecular weight excluding hydrogens is 711 g/mol. The number of rotatable bonds is 10. The van der Waals surface area contributed by atoms with E-state index >= 15 is 0 Å². The molecule has 2 aliphatic heterocycles. The van der Waals surface area contributed by atoms with Crippen LogP contribution in [0.1, 0.15) is 11.1 Å². The van der Waals surface area contributed by atoms with Crippen LogP contribution in [0.2, 0.25) is 10.0 Å². The number of hydrogen-bond acceptors (Lipinski definition) is 15. The highest BCUT2D eigenvalue weighted by molar-refractivity contribution is 8.00. The SMILES string of the molecule is O=c1oc2cc(Cl)ccc2cc1COC1C(O)[C@H](S[C@@H]2OC(CO)[C@H](O)C(OCc3cc4ccc(Cl)cc4oc3=O)C2O)OC(CO)[C@@H]1O. The van der Waals surface area contributed by atoms with Gasteiger partial charge >= 0.3 is 11.3 Å². The van der Waals surface area contributed by atoms with Crippen LogP contribution in [-0.4, -0.2) is 104 Å². The first kappa shape index (κ1) is 36.2. The van der Waals surface area contributed by atoms with Gasteiger partial charge in [-0.25, -0.2) is 9.59 Å². The third kappa shape index (κ3) is 7.69. The van der Waals surface area contributed by atoms with Crippen molar-refractivity contribution in [1.82, 2.24) is 0 Å². The lowest BCUT2D eigenvalue weighted by atomic mass is 9.99. The second kappa shape index (κ2) is 15.3. The molecule has 264 valence electrons. The zero-order valence-corrected chi connectivity index (χ0v) is 27.7. The average Bonchev–Trinajstić information content (AvgIpc) is 3.07. The van der Waals surface area contributed by atoms with Crippen molar-refractivity contribution in [2.75, 3.05) is 13.2 Å². The van der Waals surface area contributed by atoms with Gasteiger partial charge in [-0.05, 0) is 36.4 Å². The molecule has 4 heterocycles. The van der Waals surface area contributed by atoms with Crippen LogP contribution in [-0.2, 0) is 32.2 Å². The molecule has 0 aliphatic carbocycles. The fraction of sp³-hybridized carbons (Fsp3) is 0.438. The first-order valence-corrected chi connectivity index (χ1v) is 16.8. The van der Waals surface area contributed by atoms with Gasteiger partial charge in [0.15, 0.2) is 0 Å². The van der Waals surface area contributed by atoms with Gasteiger partial charge in [0.1, 0.15) is 70.9 Å². The van der Waals surface area contributed by atoms with Crippen molar-refractivity contribution in [2.45, 2.75) is 72.9 Å². The van der Waals surface area contributed by atoms with Crippen molar-refractivity contribution < 1.29 is 58.4 Å². The summed E-state index contributed by atoms with van der Waals surface area (Å²) in [6, 6.07) is 12.5. The molecule has 4 aromatic rings. The monoisotopic (exact) mass is 742 g/mol. The van der Waals surface area contributed by atoms with E-state index in [0.717, 1.165) is 11.8 Å². The van der Waals surface area contributed by atoms with Crippen LogP contribution in [0, 0.1) is 0 Å². The van der Waals surface area contributed by atoms with Gasteiger partial charge < -0.3 is 58.4 Å². The molecule has 2 aromatic carbocycles. The summed E-state index contributed by atoms with van der Waals surface area (Å²) in [4.78, 5) is 25.2.